The SMILES string of the molecule is C=COCCNc1nc(CC)nc2c1nnn2Cc1ccc(F)cc1. The van der Waals surface area contributed by atoms with Crippen LogP contribution in [0.25, 0.3) is 11.2 Å². The van der Waals surface area contributed by atoms with E-state index in [4.69, 9.17) is 4.74 Å². The number of halogens is 1. The van der Waals surface area contributed by atoms with E-state index in [2.05, 4.69) is 32.2 Å². The van der Waals surface area contributed by atoms with Crippen molar-refractivity contribution in [3.05, 3.63) is 54.3 Å². The van der Waals surface area contributed by atoms with E-state index in [-0.39, 0.29) is 5.82 Å². The van der Waals surface area contributed by atoms with E-state index in [9.17, 15) is 4.39 Å². The monoisotopic (exact) mass is 342 g/mol. The van der Waals surface area contributed by atoms with E-state index in [1.807, 2.05) is 6.92 Å². The molecule has 2 heterocycles. The maximum Gasteiger partial charge on any atom is 0.184 e. The second kappa shape index (κ2) is 7.69. The fraction of sp³-hybridized carbons (Fsp3) is 0.294. The zero-order chi connectivity index (χ0) is 17.6. The van der Waals surface area contributed by atoms with Crippen LogP contribution in [0.4, 0.5) is 10.2 Å². The van der Waals surface area contributed by atoms with E-state index in [1.54, 1.807) is 16.8 Å². The van der Waals surface area contributed by atoms with Crippen LogP contribution in [0.2, 0.25) is 0 Å². The third-order valence-electron chi connectivity index (χ3n) is 3.60. The van der Waals surface area contributed by atoms with Crippen LogP contribution in [-0.4, -0.2) is 38.1 Å². The molecule has 0 saturated heterocycles. The van der Waals surface area contributed by atoms with Crippen molar-refractivity contribution in [1.82, 2.24) is 25.0 Å². The van der Waals surface area contributed by atoms with Gasteiger partial charge in [0.25, 0.3) is 0 Å². The van der Waals surface area contributed by atoms with Crippen LogP contribution in [0.1, 0.15) is 18.3 Å². The molecule has 0 fully saturated rings. The Morgan fingerprint density at radius 1 is 1.28 bits per heavy atom. The molecule has 8 heteroatoms. The van der Waals surface area contributed by atoms with Crippen molar-refractivity contribution in [3.8, 4) is 0 Å². The van der Waals surface area contributed by atoms with E-state index in [1.165, 1.54) is 18.4 Å². The van der Waals surface area contributed by atoms with Gasteiger partial charge in [-0.1, -0.05) is 30.8 Å². The van der Waals surface area contributed by atoms with Crippen molar-refractivity contribution >= 4 is 17.0 Å². The molecule has 1 N–H and O–H groups in total. The maximum atomic E-state index is 13.1. The predicted molar refractivity (Wildman–Crippen MR) is 92.6 cm³/mol. The van der Waals surface area contributed by atoms with Crippen molar-refractivity contribution in [1.29, 1.82) is 0 Å². The van der Waals surface area contributed by atoms with E-state index in [0.29, 0.717) is 48.9 Å². The summed E-state index contributed by atoms with van der Waals surface area (Å²) < 4.78 is 19.9. The normalized spacial score (nSPS) is 10.8. The van der Waals surface area contributed by atoms with Gasteiger partial charge in [-0.15, -0.1) is 5.10 Å². The number of ether oxygens (including phenoxy) is 1. The summed E-state index contributed by atoms with van der Waals surface area (Å²) in [5, 5.41) is 11.6. The van der Waals surface area contributed by atoms with Crippen LogP contribution in [0.15, 0.2) is 37.1 Å². The summed E-state index contributed by atoms with van der Waals surface area (Å²) in [6.45, 7) is 6.98. The first-order valence-electron chi connectivity index (χ1n) is 8.02. The van der Waals surface area contributed by atoms with Crippen LogP contribution in [0.3, 0.4) is 0 Å². The summed E-state index contributed by atoms with van der Waals surface area (Å²) in [5.41, 5.74) is 2.15. The molecule has 3 rings (SSSR count). The van der Waals surface area contributed by atoms with Gasteiger partial charge in [-0.3, -0.25) is 0 Å². The molecule has 0 radical (unpaired) electrons. The Labute approximate surface area is 144 Å². The number of nitrogens with one attached hydrogen (secondary N) is 1. The summed E-state index contributed by atoms with van der Waals surface area (Å²) in [7, 11) is 0. The zero-order valence-electron chi connectivity index (χ0n) is 13.9. The van der Waals surface area contributed by atoms with Crippen LogP contribution in [-0.2, 0) is 17.7 Å². The Morgan fingerprint density at radius 3 is 2.80 bits per heavy atom. The lowest BCUT2D eigenvalue weighted by molar-refractivity contribution is 0.264. The summed E-state index contributed by atoms with van der Waals surface area (Å²) >= 11 is 0. The second-order valence-electron chi connectivity index (χ2n) is 5.35. The first kappa shape index (κ1) is 16.8. The first-order chi connectivity index (χ1) is 12.2. The number of rotatable bonds is 8. The Bertz CT molecular complexity index is 861. The maximum absolute atomic E-state index is 13.1. The Morgan fingerprint density at radius 2 is 2.08 bits per heavy atom. The fourth-order valence-electron chi connectivity index (χ4n) is 2.36. The molecule has 130 valence electrons. The molecule has 0 bridgehead atoms. The highest BCUT2D eigenvalue weighted by Crippen LogP contribution is 2.19. The quantitative estimate of drug-likeness (QED) is 0.501. The first-order valence-corrected chi connectivity index (χ1v) is 8.02. The zero-order valence-corrected chi connectivity index (χ0v) is 13.9. The molecular formula is C17H19FN6O. The van der Waals surface area contributed by atoms with Crippen molar-refractivity contribution in [2.45, 2.75) is 19.9 Å². The van der Waals surface area contributed by atoms with Gasteiger partial charge in [-0.05, 0) is 17.7 Å². The molecule has 0 atom stereocenters. The van der Waals surface area contributed by atoms with Gasteiger partial charge in [0, 0.05) is 6.42 Å². The number of aromatic nitrogens is 5. The average Bonchev–Trinajstić information content (AvgIpc) is 3.03. The fourth-order valence-corrected chi connectivity index (χ4v) is 2.36. The van der Waals surface area contributed by atoms with Gasteiger partial charge >= 0.3 is 0 Å². The third-order valence-corrected chi connectivity index (χ3v) is 3.60. The van der Waals surface area contributed by atoms with Crippen molar-refractivity contribution < 1.29 is 9.13 Å². The van der Waals surface area contributed by atoms with Gasteiger partial charge in [0.1, 0.15) is 18.2 Å². The number of aryl methyl sites for hydroxylation is 1. The van der Waals surface area contributed by atoms with E-state index in [0.717, 1.165) is 5.56 Å². The molecular weight excluding hydrogens is 323 g/mol. The average molecular weight is 342 g/mol. The number of anilines is 1. The van der Waals surface area contributed by atoms with Gasteiger partial charge in [-0.25, -0.2) is 19.0 Å². The van der Waals surface area contributed by atoms with Gasteiger partial charge in [0.2, 0.25) is 0 Å². The second-order valence-corrected chi connectivity index (χ2v) is 5.35. The number of hydrogen-bond donors (Lipinski definition) is 1. The van der Waals surface area contributed by atoms with E-state index < -0.39 is 0 Å². The summed E-state index contributed by atoms with van der Waals surface area (Å²) in [4.78, 5) is 9.02. The third kappa shape index (κ3) is 3.90. The summed E-state index contributed by atoms with van der Waals surface area (Å²) in [6.07, 6.45) is 2.09. The Balaban J connectivity index is 1.89. The van der Waals surface area contributed by atoms with Gasteiger partial charge in [0.15, 0.2) is 17.0 Å². The molecule has 2 aromatic heterocycles. The number of nitrogens with zero attached hydrogens (tertiary/aromatic N) is 5. The standard InChI is InChI=1S/C17H19FN6O/c1-3-14-20-16(19-9-10-25-4-2)15-17(21-14)24(23-22-15)11-12-5-7-13(18)8-6-12/h4-8H,2-3,9-11H2,1H3,(H,19,20,21). The Hall–Kier alpha value is -3.03. The lowest BCUT2D eigenvalue weighted by Gasteiger charge is -2.08. The molecule has 1 aromatic carbocycles. The van der Waals surface area contributed by atoms with Gasteiger partial charge in [0.05, 0.1) is 19.4 Å². The Kier molecular flexibility index (Phi) is 5.17. The largest absolute Gasteiger partial charge is 0.500 e. The van der Waals surface area contributed by atoms with E-state index >= 15 is 0 Å². The number of fused-ring (bicyclic) bond motifs is 1. The molecule has 0 aliphatic rings. The van der Waals surface area contributed by atoms with Crippen molar-refractivity contribution in [3.63, 3.8) is 0 Å². The van der Waals surface area contributed by atoms with Gasteiger partial charge in [-0.2, -0.15) is 0 Å². The molecule has 0 saturated carbocycles. The molecule has 0 spiro atoms. The van der Waals surface area contributed by atoms with Gasteiger partial charge < -0.3 is 10.1 Å². The topological polar surface area (TPSA) is 77.8 Å². The highest BCUT2D eigenvalue weighted by Gasteiger charge is 2.14. The molecule has 0 amide bonds. The van der Waals surface area contributed by atoms with Crippen LogP contribution in [0.5, 0.6) is 0 Å². The summed E-state index contributed by atoms with van der Waals surface area (Å²) in [6, 6.07) is 6.29. The molecule has 7 nitrogen and oxygen atoms in total. The van der Waals surface area contributed by atoms with Crippen molar-refractivity contribution in [2.24, 2.45) is 0 Å². The lowest BCUT2D eigenvalue weighted by Crippen LogP contribution is -2.11. The molecule has 3 aromatic rings. The van der Waals surface area contributed by atoms with Crippen molar-refractivity contribution in [2.75, 3.05) is 18.5 Å². The van der Waals surface area contributed by atoms with Crippen LogP contribution >= 0.6 is 0 Å². The number of hydrogen-bond acceptors (Lipinski definition) is 6. The highest BCUT2D eigenvalue weighted by molar-refractivity contribution is 5.82. The molecule has 0 unspecified atom stereocenters. The summed E-state index contributed by atoms with van der Waals surface area (Å²) in [5.74, 6) is 1.05. The molecule has 0 aliphatic carbocycles. The minimum Gasteiger partial charge on any atom is -0.500 e. The number of benzene rings is 1. The predicted octanol–water partition coefficient (Wildman–Crippen LogP) is 2.54. The van der Waals surface area contributed by atoms with Crippen LogP contribution < -0.4 is 5.32 Å². The minimum atomic E-state index is -0.268. The molecule has 25 heavy (non-hydrogen) atoms. The minimum absolute atomic E-state index is 0.268. The van der Waals surface area contributed by atoms with Crippen LogP contribution in [0, 0.1) is 5.82 Å². The smallest absolute Gasteiger partial charge is 0.184 e. The molecule has 0 aliphatic heterocycles. The highest BCUT2D eigenvalue weighted by atomic mass is 19.1. The lowest BCUT2D eigenvalue weighted by atomic mass is 10.2.